The number of halogens is 1. The Kier molecular flexibility index (Phi) is 3.30. The lowest BCUT2D eigenvalue weighted by atomic mass is 10.00. The van der Waals surface area contributed by atoms with Gasteiger partial charge < -0.3 is 4.98 Å². The number of rotatable bonds is 3. The lowest BCUT2D eigenvalue weighted by Gasteiger charge is -2.05. The van der Waals surface area contributed by atoms with Crippen molar-refractivity contribution in [1.29, 1.82) is 0 Å². The minimum Gasteiger partial charge on any atom is -0.309 e. The van der Waals surface area contributed by atoms with Crippen LogP contribution < -0.4 is 5.56 Å². The van der Waals surface area contributed by atoms with E-state index in [2.05, 4.69) is 23.8 Å². The Bertz CT molecular complexity index is 561. The van der Waals surface area contributed by atoms with E-state index in [1.54, 1.807) is 0 Å². The van der Waals surface area contributed by atoms with Crippen molar-refractivity contribution < 1.29 is 0 Å². The molecule has 0 saturated heterocycles. The highest BCUT2D eigenvalue weighted by atomic mass is 35.5. The van der Waals surface area contributed by atoms with Gasteiger partial charge in [-0.05, 0) is 23.3 Å². The van der Waals surface area contributed by atoms with Gasteiger partial charge in [0, 0.05) is 0 Å². The van der Waals surface area contributed by atoms with Crippen molar-refractivity contribution in [3.8, 4) is 0 Å². The number of hydrogen-bond acceptors (Lipinski definition) is 3. The number of hydrogen-bond donors (Lipinski definition) is 1. The third-order valence-corrected chi connectivity index (χ3v) is 3.93. The molecule has 0 fully saturated rings. The molecule has 2 aromatic heterocycles. The molecule has 0 aliphatic carbocycles. The summed E-state index contributed by atoms with van der Waals surface area (Å²) < 4.78 is 0. The smallest absolute Gasteiger partial charge is 0.259 e. The van der Waals surface area contributed by atoms with Gasteiger partial charge in [-0.1, -0.05) is 13.8 Å². The van der Waals surface area contributed by atoms with Crippen molar-refractivity contribution in [2.45, 2.75) is 32.1 Å². The molecule has 5 heteroatoms. The Morgan fingerprint density at radius 1 is 1.62 bits per heavy atom. The maximum Gasteiger partial charge on any atom is 0.259 e. The van der Waals surface area contributed by atoms with Gasteiger partial charge in [-0.15, -0.1) is 22.9 Å². The molecule has 0 aromatic carbocycles. The maximum absolute atomic E-state index is 11.9. The molecule has 1 unspecified atom stereocenters. The third-order valence-electron chi connectivity index (χ3n) is 2.79. The number of nitrogens with one attached hydrogen (secondary N) is 1. The van der Waals surface area contributed by atoms with E-state index < -0.39 is 0 Å². The standard InChI is InChI=1S/C11H13ClN2OS/c1-3-6(2)7-5-16-11-9(7)10(15)13-8(4-12)14-11/h5-6H,3-4H2,1-2H3,(H,13,14,15). The van der Waals surface area contributed by atoms with Gasteiger partial charge in [-0.2, -0.15) is 0 Å². The van der Waals surface area contributed by atoms with E-state index in [0.29, 0.717) is 11.7 Å². The highest BCUT2D eigenvalue weighted by Gasteiger charge is 2.14. The number of aromatic amines is 1. The summed E-state index contributed by atoms with van der Waals surface area (Å²) in [5.41, 5.74) is 1.02. The number of thiophene rings is 1. The van der Waals surface area contributed by atoms with Crippen LogP contribution in [0.2, 0.25) is 0 Å². The second-order valence-corrected chi connectivity index (χ2v) is 4.95. The summed E-state index contributed by atoms with van der Waals surface area (Å²) in [5.74, 6) is 1.16. The minimum absolute atomic E-state index is 0.0720. The molecule has 86 valence electrons. The normalized spacial score (nSPS) is 13.2. The van der Waals surface area contributed by atoms with Crippen molar-refractivity contribution in [3.05, 3.63) is 27.1 Å². The van der Waals surface area contributed by atoms with Gasteiger partial charge >= 0.3 is 0 Å². The van der Waals surface area contributed by atoms with Crippen LogP contribution in [-0.4, -0.2) is 9.97 Å². The second kappa shape index (κ2) is 4.55. The summed E-state index contributed by atoms with van der Waals surface area (Å²) >= 11 is 7.18. The molecule has 16 heavy (non-hydrogen) atoms. The molecule has 1 atom stereocenters. The molecule has 0 spiro atoms. The molecule has 0 aliphatic heterocycles. The molecule has 0 aliphatic rings. The van der Waals surface area contributed by atoms with E-state index in [1.165, 1.54) is 11.3 Å². The molecular weight excluding hydrogens is 244 g/mol. The van der Waals surface area contributed by atoms with E-state index in [-0.39, 0.29) is 11.4 Å². The summed E-state index contributed by atoms with van der Waals surface area (Å²) in [5, 5.41) is 2.76. The van der Waals surface area contributed by atoms with Crippen LogP contribution in [-0.2, 0) is 5.88 Å². The predicted octanol–water partition coefficient (Wildman–Crippen LogP) is 3.24. The average Bonchev–Trinajstić information content (AvgIpc) is 2.72. The van der Waals surface area contributed by atoms with Crippen LogP contribution in [0.15, 0.2) is 10.2 Å². The van der Waals surface area contributed by atoms with Crippen LogP contribution in [0.25, 0.3) is 10.2 Å². The van der Waals surface area contributed by atoms with E-state index in [1.807, 2.05) is 5.38 Å². The molecule has 2 heterocycles. The van der Waals surface area contributed by atoms with Crippen molar-refractivity contribution in [2.24, 2.45) is 0 Å². The maximum atomic E-state index is 11.9. The minimum atomic E-state index is -0.0720. The van der Waals surface area contributed by atoms with Gasteiger partial charge in [0.2, 0.25) is 0 Å². The van der Waals surface area contributed by atoms with E-state index in [0.717, 1.165) is 22.2 Å². The lowest BCUT2D eigenvalue weighted by Crippen LogP contribution is -2.11. The van der Waals surface area contributed by atoms with E-state index in [9.17, 15) is 4.79 Å². The first-order valence-corrected chi connectivity index (χ1v) is 6.65. The van der Waals surface area contributed by atoms with E-state index >= 15 is 0 Å². The van der Waals surface area contributed by atoms with Crippen molar-refractivity contribution in [1.82, 2.24) is 9.97 Å². The molecule has 2 rings (SSSR count). The van der Waals surface area contributed by atoms with Gasteiger partial charge in [0.05, 0.1) is 11.3 Å². The van der Waals surface area contributed by atoms with Crippen molar-refractivity contribution in [2.75, 3.05) is 0 Å². The van der Waals surface area contributed by atoms with Crippen molar-refractivity contribution in [3.63, 3.8) is 0 Å². The molecule has 3 nitrogen and oxygen atoms in total. The third kappa shape index (κ3) is 1.87. The zero-order valence-corrected chi connectivity index (χ0v) is 10.8. The van der Waals surface area contributed by atoms with Crippen LogP contribution in [0, 0.1) is 0 Å². The molecular formula is C11H13ClN2OS. The molecule has 0 radical (unpaired) electrons. The molecule has 0 amide bonds. The topological polar surface area (TPSA) is 45.8 Å². The number of H-pyrrole nitrogens is 1. The van der Waals surface area contributed by atoms with E-state index in [4.69, 9.17) is 11.6 Å². The summed E-state index contributed by atoms with van der Waals surface area (Å²) in [6, 6.07) is 0. The average molecular weight is 257 g/mol. The number of nitrogens with zero attached hydrogens (tertiary/aromatic N) is 1. The fraction of sp³-hybridized carbons (Fsp3) is 0.455. The SMILES string of the molecule is CCC(C)c1csc2nc(CCl)[nH]c(=O)c12. The zero-order chi connectivity index (χ0) is 11.7. The number of fused-ring (bicyclic) bond motifs is 1. The van der Waals surface area contributed by atoms with Crippen LogP contribution in [0.4, 0.5) is 0 Å². The Labute approximate surface area is 102 Å². The van der Waals surface area contributed by atoms with Crippen molar-refractivity contribution >= 4 is 33.2 Å². The first kappa shape index (κ1) is 11.6. The molecule has 0 saturated carbocycles. The van der Waals surface area contributed by atoms with Crippen LogP contribution in [0.5, 0.6) is 0 Å². The monoisotopic (exact) mass is 256 g/mol. The van der Waals surface area contributed by atoms with Gasteiger partial charge in [-0.25, -0.2) is 4.98 Å². The Balaban J connectivity index is 2.69. The first-order valence-electron chi connectivity index (χ1n) is 5.23. The van der Waals surface area contributed by atoms with Gasteiger partial charge in [0.15, 0.2) is 0 Å². The Morgan fingerprint density at radius 3 is 3.00 bits per heavy atom. The lowest BCUT2D eigenvalue weighted by molar-refractivity contribution is 0.741. The second-order valence-electron chi connectivity index (χ2n) is 3.83. The van der Waals surface area contributed by atoms with Gasteiger partial charge in [0.1, 0.15) is 10.7 Å². The molecule has 0 bridgehead atoms. The quantitative estimate of drug-likeness (QED) is 0.857. The molecule has 1 N–H and O–H groups in total. The molecule has 2 aromatic rings. The van der Waals surface area contributed by atoms with Crippen LogP contribution in [0.1, 0.15) is 37.6 Å². The van der Waals surface area contributed by atoms with Gasteiger partial charge in [-0.3, -0.25) is 4.79 Å². The predicted molar refractivity (Wildman–Crippen MR) is 68.5 cm³/mol. The fourth-order valence-corrected chi connectivity index (χ4v) is 2.87. The Morgan fingerprint density at radius 2 is 2.38 bits per heavy atom. The number of aromatic nitrogens is 2. The summed E-state index contributed by atoms with van der Waals surface area (Å²) in [6.45, 7) is 4.24. The highest BCUT2D eigenvalue weighted by molar-refractivity contribution is 7.16. The van der Waals surface area contributed by atoms with Crippen LogP contribution in [0.3, 0.4) is 0 Å². The number of alkyl halides is 1. The van der Waals surface area contributed by atoms with Crippen LogP contribution >= 0.6 is 22.9 Å². The summed E-state index contributed by atoms with van der Waals surface area (Å²) in [6.07, 6.45) is 1.02. The fourth-order valence-electron chi connectivity index (χ4n) is 1.66. The largest absolute Gasteiger partial charge is 0.309 e. The zero-order valence-electron chi connectivity index (χ0n) is 9.21. The summed E-state index contributed by atoms with van der Waals surface area (Å²) in [4.78, 5) is 19.7. The first-order chi connectivity index (χ1) is 7.67. The van der Waals surface area contributed by atoms with Gasteiger partial charge in [0.25, 0.3) is 5.56 Å². The highest BCUT2D eigenvalue weighted by Crippen LogP contribution is 2.29. The summed E-state index contributed by atoms with van der Waals surface area (Å²) in [7, 11) is 0. The Hall–Kier alpha value is -0.870.